The Balaban J connectivity index is 2.45. The molecule has 68 valence electrons. The van der Waals surface area contributed by atoms with E-state index >= 15 is 0 Å². The predicted octanol–water partition coefficient (Wildman–Crippen LogP) is 2.15. The van der Waals surface area contributed by atoms with Gasteiger partial charge >= 0.3 is 0 Å². The lowest BCUT2D eigenvalue weighted by Gasteiger charge is -2.34. The number of rotatable bonds is 0. The first-order valence-corrected chi connectivity index (χ1v) is 4.79. The molecule has 2 aliphatic rings. The van der Waals surface area contributed by atoms with Crippen LogP contribution in [0.5, 0.6) is 0 Å². The molecule has 0 saturated heterocycles. The SMILES string of the molecule is CC12CCC(C1)C(C)(C)/C2=N/N. The topological polar surface area (TPSA) is 38.4 Å². The smallest absolute Gasteiger partial charge is 0.0493 e. The van der Waals surface area contributed by atoms with Gasteiger partial charge in [-0.1, -0.05) is 20.8 Å². The Morgan fingerprint density at radius 3 is 2.42 bits per heavy atom. The van der Waals surface area contributed by atoms with Gasteiger partial charge in [0, 0.05) is 16.5 Å². The Labute approximate surface area is 74.2 Å². The van der Waals surface area contributed by atoms with Crippen molar-refractivity contribution in [1.29, 1.82) is 0 Å². The molecule has 0 aromatic heterocycles. The molecule has 2 bridgehead atoms. The average molecular weight is 166 g/mol. The average Bonchev–Trinajstić information content (AvgIpc) is 2.39. The van der Waals surface area contributed by atoms with Crippen molar-refractivity contribution in [2.24, 2.45) is 27.7 Å². The van der Waals surface area contributed by atoms with Crippen LogP contribution >= 0.6 is 0 Å². The third-order valence-corrected chi connectivity index (χ3v) is 4.07. The third-order valence-electron chi connectivity index (χ3n) is 4.07. The summed E-state index contributed by atoms with van der Waals surface area (Å²) in [5.74, 6) is 6.29. The van der Waals surface area contributed by atoms with E-state index in [1.54, 1.807) is 0 Å². The Kier molecular flexibility index (Phi) is 1.37. The lowest BCUT2D eigenvalue weighted by atomic mass is 9.71. The first-order chi connectivity index (χ1) is 5.50. The molecular formula is C10H18N2. The number of nitrogens with two attached hydrogens (primary N) is 1. The summed E-state index contributed by atoms with van der Waals surface area (Å²) >= 11 is 0. The Morgan fingerprint density at radius 1 is 1.42 bits per heavy atom. The van der Waals surface area contributed by atoms with Crippen LogP contribution in [-0.4, -0.2) is 5.71 Å². The van der Waals surface area contributed by atoms with E-state index in [9.17, 15) is 0 Å². The van der Waals surface area contributed by atoms with E-state index in [0.717, 1.165) is 5.92 Å². The number of hydrazone groups is 1. The van der Waals surface area contributed by atoms with Gasteiger partial charge in [0.25, 0.3) is 0 Å². The van der Waals surface area contributed by atoms with E-state index in [1.807, 2.05) is 0 Å². The van der Waals surface area contributed by atoms with Gasteiger partial charge in [-0.05, 0) is 25.2 Å². The molecule has 0 aromatic rings. The van der Waals surface area contributed by atoms with Crippen molar-refractivity contribution >= 4 is 5.71 Å². The number of hydrogen-bond acceptors (Lipinski definition) is 2. The summed E-state index contributed by atoms with van der Waals surface area (Å²) in [4.78, 5) is 0. The molecule has 2 atom stereocenters. The second-order valence-corrected chi connectivity index (χ2v) is 5.20. The van der Waals surface area contributed by atoms with E-state index in [1.165, 1.54) is 25.0 Å². The zero-order valence-electron chi connectivity index (χ0n) is 8.22. The van der Waals surface area contributed by atoms with Gasteiger partial charge in [0.2, 0.25) is 0 Å². The van der Waals surface area contributed by atoms with Gasteiger partial charge in [0.05, 0.1) is 0 Å². The minimum atomic E-state index is 0.266. The molecule has 2 fully saturated rings. The van der Waals surface area contributed by atoms with Crippen LogP contribution in [0.4, 0.5) is 0 Å². The largest absolute Gasteiger partial charge is 0.323 e. The van der Waals surface area contributed by atoms with Crippen LogP contribution in [0.2, 0.25) is 0 Å². The maximum atomic E-state index is 5.47. The van der Waals surface area contributed by atoms with Crippen LogP contribution < -0.4 is 5.84 Å². The van der Waals surface area contributed by atoms with Crippen molar-refractivity contribution in [1.82, 2.24) is 0 Å². The normalized spacial score (nSPS) is 47.2. The fourth-order valence-corrected chi connectivity index (χ4v) is 3.37. The molecule has 2 nitrogen and oxygen atoms in total. The van der Waals surface area contributed by atoms with Gasteiger partial charge in [-0.3, -0.25) is 0 Å². The summed E-state index contributed by atoms with van der Waals surface area (Å²) in [6.45, 7) is 6.88. The molecule has 0 heterocycles. The van der Waals surface area contributed by atoms with E-state index < -0.39 is 0 Å². The predicted molar refractivity (Wildman–Crippen MR) is 50.9 cm³/mol. The number of fused-ring (bicyclic) bond motifs is 2. The van der Waals surface area contributed by atoms with Crippen molar-refractivity contribution < 1.29 is 0 Å². The second kappa shape index (κ2) is 2.04. The van der Waals surface area contributed by atoms with Crippen LogP contribution in [0, 0.1) is 16.7 Å². The fraction of sp³-hybridized carbons (Fsp3) is 0.900. The molecule has 2 heteroatoms. The molecule has 2 N–H and O–H groups in total. The summed E-state index contributed by atoms with van der Waals surface area (Å²) in [6.07, 6.45) is 3.95. The van der Waals surface area contributed by atoms with Gasteiger partial charge in [-0.15, -0.1) is 0 Å². The molecule has 0 spiro atoms. The van der Waals surface area contributed by atoms with Gasteiger partial charge in [0.1, 0.15) is 0 Å². The first kappa shape index (κ1) is 8.09. The number of nitrogens with zero attached hydrogens (tertiary/aromatic N) is 1. The maximum absolute atomic E-state index is 5.47. The number of hydrogen-bond donors (Lipinski definition) is 1. The molecule has 0 aliphatic heterocycles. The van der Waals surface area contributed by atoms with Crippen molar-refractivity contribution in [2.75, 3.05) is 0 Å². The maximum Gasteiger partial charge on any atom is 0.0493 e. The van der Waals surface area contributed by atoms with Crippen LogP contribution in [0.25, 0.3) is 0 Å². The van der Waals surface area contributed by atoms with Gasteiger partial charge in [-0.25, -0.2) is 0 Å². The molecule has 2 unspecified atom stereocenters. The highest BCUT2D eigenvalue weighted by atomic mass is 15.1. The summed E-state index contributed by atoms with van der Waals surface area (Å²) in [5.41, 5.74) is 1.86. The summed E-state index contributed by atoms with van der Waals surface area (Å²) in [7, 11) is 0. The van der Waals surface area contributed by atoms with Gasteiger partial charge < -0.3 is 5.84 Å². The molecule has 12 heavy (non-hydrogen) atoms. The van der Waals surface area contributed by atoms with E-state index in [4.69, 9.17) is 5.84 Å². The van der Waals surface area contributed by atoms with Crippen LogP contribution in [0.15, 0.2) is 5.10 Å². The van der Waals surface area contributed by atoms with Crippen LogP contribution in [0.1, 0.15) is 40.0 Å². The highest BCUT2D eigenvalue weighted by Gasteiger charge is 2.57. The van der Waals surface area contributed by atoms with Crippen LogP contribution in [-0.2, 0) is 0 Å². The lowest BCUT2D eigenvalue weighted by molar-refractivity contribution is 0.332. The zero-order chi connectivity index (χ0) is 8.98. The van der Waals surface area contributed by atoms with E-state index in [2.05, 4.69) is 25.9 Å². The monoisotopic (exact) mass is 166 g/mol. The molecule has 0 aromatic carbocycles. The van der Waals surface area contributed by atoms with Crippen molar-refractivity contribution in [3.8, 4) is 0 Å². The first-order valence-electron chi connectivity index (χ1n) is 4.79. The standard InChI is InChI=1S/C10H18N2/c1-9(2)7-4-5-10(3,6-7)8(9)12-11/h7H,4-6,11H2,1-3H3/b12-8-. The molecule has 2 aliphatic carbocycles. The molecular weight excluding hydrogens is 148 g/mol. The summed E-state index contributed by atoms with van der Waals surface area (Å²) in [5, 5.41) is 4.01. The minimum absolute atomic E-state index is 0.266. The Morgan fingerprint density at radius 2 is 2.08 bits per heavy atom. The zero-order valence-corrected chi connectivity index (χ0v) is 8.22. The third kappa shape index (κ3) is 0.732. The van der Waals surface area contributed by atoms with Crippen molar-refractivity contribution in [3.63, 3.8) is 0 Å². The van der Waals surface area contributed by atoms with E-state index in [-0.39, 0.29) is 5.41 Å². The lowest BCUT2D eigenvalue weighted by Crippen LogP contribution is -2.36. The second-order valence-electron chi connectivity index (χ2n) is 5.20. The van der Waals surface area contributed by atoms with Gasteiger partial charge in [0.15, 0.2) is 0 Å². The highest BCUT2D eigenvalue weighted by Crippen LogP contribution is 2.60. The molecule has 0 amide bonds. The quantitative estimate of drug-likeness (QED) is 0.434. The molecule has 2 rings (SSSR count). The Bertz CT molecular complexity index is 235. The van der Waals surface area contributed by atoms with Crippen LogP contribution in [0.3, 0.4) is 0 Å². The van der Waals surface area contributed by atoms with E-state index in [0.29, 0.717) is 5.41 Å². The van der Waals surface area contributed by atoms with Crippen molar-refractivity contribution in [3.05, 3.63) is 0 Å². The minimum Gasteiger partial charge on any atom is -0.323 e. The summed E-state index contributed by atoms with van der Waals surface area (Å²) in [6, 6.07) is 0. The van der Waals surface area contributed by atoms with Gasteiger partial charge in [-0.2, -0.15) is 5.10 Å². The Hall–Kier alpha value is -0.530. The molecule has 0 radical (unpaired) electrons. The highest BCUT2D eigenvalue weighted by molar-refractivity contribution is 5.97. The molecule has 2 saturated carbocycles. The fourth-order valence-electron chi connectivity index (χ4n) is 3.37. The summed E-state index contributed by atoms with van der Waals surface area (Å²) < 4.78 is 0. The van der Waals surface area contributed by atoms with Crippen molar-refractivity contribution in [2.45, 2.75) is 40.0 Å².